The maximum Gasteiger partial charge on any atom is 0.177 e. The van der Waals surface area contributed by atoms with E-state index in [0.717, 1.165) is 29.1 Å². The van der Waals surface area contributed by atoms with E-state index in [1.807, 2.05) is 13.1 Å². The van der Waals surface area contributed by atoms with E-state index in [9.17, 15) is 0 Å². The van der Waals surface area contributed by atoms with E-state index in [0.29, 0.717) is 0 Å². The van der Waals surface area contributed by atoms with Gasteiger partial charge < -0.3 is 10.3 Å². The highest BCUT2D eigenvalue weighted by Crippen LogP contribution is 2.19. The summed E-state index contributed by atoms with van der Waals surface area (Å²) in [6.07, 6.45) is 1.84. The Bertz CT molecular complexity index is 499. The van der Waals surface area contributed by atoms with Crippen LogP contribution in [0.25, 0.3) is 11.2 Å². The van der Waals surface area contributed by atoms with Gasteiger partial charge in [0.05, 0.1) is 11.1 Å². The molecule has 0 radical (unpaired) electrons. The maximum absolute atomic E-state index is 4.51. The van der Waals surface area contributed by atoms with E-state index >= 15 is 0 Å². The van der Waals surface area contributed by atoms with Crippen molar-refractivity contribution in [2.75, 3.05) is 6.54 Å². The molecular weight excluding hydrogens is 200 g/mol. The average Bonchev–Trinajstić information content (AvgIpc) is 2.61. The molecule has 2 aromatic heterocycles. The molecular formula is C12H18N4. The molecule has 86 valence electrons. The molecule has 0 spiro atoms. The molecule has 0 saturated heterocycles. The number of fused-ring (bicyclic) bond motifs is 1. The number of rotatable bonds is 3. The van der Waals surface area contributed by atoms with Gasteiger partial charge in [-0.15, -0.1) is 0 Å². The van der Waals surface area contributed by atoms with Crippen molar-refractivity contribution in [3.8, 4) is 0 Å². The van der Waals surface area contributed by atoms with Crippen LogP contribution in [0.5, 0.6) is 0 Å². The number of aromatic amines is 1. The Kier molecular flexibility index (Phi) is 2.68. The number of hydrogen-bond acceptors (Lipinski definition) is 3. The number of hydrogen-bond donors (Lipinski definition) is 2. The Balaban J connectivity index is 2.46. The third kappa shape index (κ3) is 1.93. The maximum atomic E-state index is 4.51. The lowest BCUT2D eigenvalue weighted by atomic mass is 10.1. The Labute approximate surface area is 95.5 Å². The zero-order valence-electron chi connectivity index (χ0n) is 10.3. The molecule has 16 heavy (non-hydrogen) atoms. The van der Waals surface area contributed by atoms with Gasteiger partial charge in [0.15, 0.2) is 5.65 Å². The first-order valence-corrected chi connectivity index (χ1v) is 5.61. The lowest BCUT2D eigenvalue weighted by Gasteiger charge is -2.22. The Morgan fingerprint density at radius 1 is 1.44 bits per heavy atom. The molecule has 2 N–H and O–H groups in total. The molecule has 0 aromatic carbocycles. The van der Waals surface area contributed by atoms with Gasteiger partial charge in [-0.3, -0.25) is 0 Å². The SMILES string of the molecule is CCNC(C)(C)c1nc2ncc(C)cc2[nH]1. The zero-order chi connectivity index (χ0) is 11.8. The number of pyridine rings is 1. The van der Waals surface area contributed by atoms with Crippen molar-refractivity contribution in [1.82, 2.24) is 20.3 Å². The minimum atomic E-state index is -0.149. The molecule has 0 bridgehead atoms. The average molecular weight is 218 g/mol. The number of imidazole rings is 1. The van der Waals surface area contributed by atoms with Crippen LogP contribution in [0.2, 0.25) is 0 Å². The van der Waals surface area contributed by atoms with Crippen molar-refractivity contribution in [3.05, 3.63) is 23.7 Å². The highest BCUT2D eigenvalue weighted by Gasteiger charge is 2.23. The summed E-state index contributed by atoms with van der Waals surface area (Å²) in [7, 11) is 0. The standard InChI is InChI=1S/C12H18N4/c1-5-14-12(3,4)11-15-9-6-8(2)7-13-10(9)16-11/h6-7,14H,5H2,1-4H3,(H,13,15,16). The monoisotopic (exact) mass is 218 g/mol. The third-order valence-corrected chi connectivity index (χ3v) is 2.68. The van der Waals surface area contributed by atoms with E-state index in [1.54, 1.807) is 0 Å². The van der Waals surface area contributed by atoms with Crippen molar-refractivity contribution in [1.29, 1.82) is 0 Å². The van der Waals surface area contributed by atoms with Crippen LogP contribution in [0.4, 0.5) is 0 Å². The topological polar surface area (TPSA) is 53.6 Å². The summed E-state index contributed by atoms with van der Waals surface area (Å²) in [4.78, 5) is 12.1. The summed E-state index contributed by atoms with van der Waals surface area (Å²) >= 11 is 0. The number of H-pyrrole nitrogens is 1. The molecule has 0 atom stereocenters. The molecule has 4 nitrogen and oxygen atoms in total. The van der Waals surface area contributed by atoms with Gasteiger partial charge in [0, 0.05) is 6.20 Å². The van der Waals surface area contributed by atoms with Gasteiger partial charge in [0.25, 0.3) is 0 Å². The molecule has 0 aliphatic rings. The molecule has 2 heterocycles. The predicted molar refractivity (Wildman–Crippen MR) is 65.3 cm³/mol. The van der Waals surface area contributed by atoms with Gasteiger partial charge in [0.1, 0.15) is 5.82 Å². The number of aromatic nitrogens is 3. The fourth-order valence-corrected chi connectivity index (χ4v) is 1.83. The van der Waals surface area contributed by atoms with Crippen molar-refractivity contribution in [2.24, 2.45) is 0 Å². The third-order valence-electron chi connectivity index (χ3n) is 2.68. The van der Waals surface area contributed by atoms with Crippen molar-refractivity contribution < 1.29 is 0 Å². The first-order chi connectivity index (χ1) is 7.53. The Morgan fingerprint density at radius 2 is 2.19 bits per heavy atom. The first-order valence-electron chi connectivity index (χ1n) is 5.61. The van der Waals surface area contributed by atoms with Gasteiger partial charge in [-0.1, -0.05) is 6.92 Å². The van der Waals surface area contributed by atoms with Crippen LogP contribution in [0.3, 0.4) is 0 Å². The molecule has 0 aliphatic heterocycles. The van der Waals surface area contributed by atoms with E-state index in [2.05, 4.69) is 47.1 Å². The lowest BCUT2D eigenvalue weighted by Crippen LogP contribution is -2.37. The summed E-state index contributed by atoms with van der Waals surface area (Å²) in [5.41, 5.74) is 2.78. The summed E-state index contributed by atoms with van der Waals surface area (Å²) in [5, 5.41) is 3.39. The lowest BCUT2D eigenvalue weighted by molar-refractivity contribution is 0.395. The van der Waals surface area contributed by atoms with Crippen LogP contribution in [-0.4, -0.2) is 21.5 Å². The van der Waals surface area contributed by atoms with Crippen LogP contribution in [0.15, 0.2) is 12.3 Å². The molecule has 0 unspecified atom stereocenters. The molecule has 0 aliphatic carbocycles. The molecule has 0 amide bonds. The van der Waals surface area contributed by atoms with Crippen molar-refractivity contribution in [2.45, 2.75) is 33.2 Å². The van der Waals surface area contributed by atoms with Gasteiger partial charge in [-0.05, 0) is 38.9 Å². The van der Waals surface area contributed by atoms with E-state index in [-0.39, 0.29) is 5.54 Å². The summed E-state index contributed by atoms with van der Waals surface area (Å²) < 4.78 is 0. The molecule has 0 fully saturated rings. The predicted octanol–water partition coefficient (Wildman–Crippen LogP) is 2.11. The van der Waals surface area contributed by atoms with Gasteiger partial charge in [-0.25, -0.2) is 9.97 Å². The minimum absolute atomic E-state index is 0.149. The van der Waals surface area contributed by atoms with Gasteiger partial charge in [0.2, 0.25) is 0 Å². The second-order valence-electron chi connectivity index (χ2n) is 4.62. The zero-order valence-corrected chi connectivity index (χ0v) is 10.3. The molecule has 2 aromatic rings. The normalized spacial score (nSPS) is 12.2. The fourth-order valence-electron chi connectivity index (χ4n) is 1.83. The van der Waals surface area contributed by atoms with Crippen molar-refractivity contribution >= 4 is 11.2 Å². The van der Waals surface area contributed by atoms with Crippen LogP contribution < -0.4 is 5.32 Å². The van der Waals surface area contributed by atoms with E-state index in [4.69, 9.17) is 0 Å². The Morgan fingerprint density at radius 3 is 2.88 bits per heavy atom. The fraction of sp³-hybridized carbons (Fsp3) is 0.500. The molecule has 2 rings (SSSR count). The highest BCUT2D eigenvalue weighted by molar-refractivity contribution is 5.71. The first kappa shape index (κ1) is 11.1. The smallest absolute Gasteiger partial charge is 0.177 e. The van der Waals surface area contributed by atoms with Crippen LogP contribution in [0, 0.1) is 6.92 Å². The highest BCUT2D eigenvalue weighted by atomic mass is 15.1. The van der Waals surface area contributed by atoms with Gasteiger partial charge >= 0.3 is 0 Å². The summed E-state index contributed by atoms with van der Waals surface area (Å²) in [6.45, 7) is 9.26. The summed E-state index contributed by atoms with van der Waals surface area (Å²) in [5.74, 6) is 0.933. The van der Waals surface area contributed by atoms with Crippen LogP contribution >= 0.6 is 0 Å². The number of nitrogens with zero attached hydrogens (tertiary/aromatic N) is 2. The summed E-state index contributed by atoms with van der Waals surface area (Å²) in [6, 6.07) is 2.07. The quantitative estimate of drug-likeness (QED) is 0.829. The van der Waals surface area contributed by atoms with Crippen LogP contribution in [0.1, 0.15) is 32.2 Å². The Hall–Kier alpha value is -1.42. The second kappa shape index (κ2) is 3.87. The molecule has 4 heteroatoms. The van der Waals surface area contributed by atoms with E-state index in [1.165, 1.54) is 0 Å². The number of nitrogens with one attached hydrogen (secondary N) is 2. The minimum Gasteiger partial charge on any atom is -0.339 e. The molecule has 0 saturated carbocycles. The number of aryl methyl sites for hydroxylation is 1. The van der Waals surface area contributed by atoms with Crippen LogP contribution in [-0.2, 0) is 5.54 Å². The second-order valence-corrected chi connectivity index (χ2v) is 4.62. The van der Waals surface area contributed by atoms with Gasteiger partial charge in [-0.2, -0.15) is 0 Å². The van der Waals surface area contributed by atoms with E-state index < -0.39 is 0 Å². The largest absolute Gasteiger partial charge is 0.339 e. The van der Waals surface area contributed by atoms with Crippen molar-refractivity contribution in [3.63, 3.8) is 0 Å².